The molecule has 0 aromatic heterocycles. The summed E-state index contributed by atoms with van der Waals surface area (Å²) >= 11 is 0. The zero-order valence-corrected chi connectivity index (χ0v) is 6.09. The molecule has 0 atom stereocenters. The van der Waals surface area contributed by atoms with E-state index in [0.29, 0.717) is 0 Å². The summed E-state index contributed by atoms with van der Waals surface area (Å²) in [6.45, 7) is 0. The topological polar surface area (TPSA) is 0 Å². The molecule has 4 heteroatoms. The number of hydrogen-bond acceptors (Lipinski definition) is 0. The van der Waals surface area contributed by atoms with Gasteiger partial charge in [-0.1, -0.05) is 0 Å². The fraction of sp³-hybridized carbons (Fsp3) is 0. The van der Waals surface area contributed by atoms with Gasteiger partial charge in [-0.05, 0) is 0 Å². The first-order chi connectivity index (χ1) is 0. The van der Waals surface area contributed by atoms with Crippen molar-refractivity contribution in [3.63, 3.8) is 0 Å². The average molecular weight is 167 g/mol. The van der Waals surface area contributed by atoms with Crippen LogP contribution >= 0.6 is 0 Å². The minimum atomic E-state index is 0. The molecule has 0 fully saturated rings. The fourth-order valence-corrected chi connectivity index (χ4v) is 0. The first-order valence-corrected chi connectivity index (χ1v) is 0. The molecular formula is H2BrKNa2. The van der Waals surface area contributed by atoms with Crippen molar-refractivity contribution in [2.45, 2.75) is 0 Å². The first-order valence-electron chi connectivity index (χ1n) is 0. The fourth-order valence-electron chi connectivity index (χ4n) is 0. The van der Waals surface area contributed by atoms with E-state index in [-0.39, 0.29) is 127 Å². The molecule has 0 aliphatic carbocycles. The molecule has 0 spiro atoms. The van der Waals surface area contributed by atoms with E-state index in [2.05, 4.69) is 0 Å². The molecule has 0 amide bonds. The van der Waals surface area contributed by atoms with Crippen molar-refractivity contribution in [2.75, 3.05) is 0 Å². The van der Waals surface area contributed by atoms with Crippen LogP contribution in [0.5, 0.6) is 0 Å². The summed E-state index contributed by atoms with van der Waals surface area (Å²) in [5.41, 5.74) is 0. The molecule has 0 aliphatic heterocycles. The summed E-state index contributed by atoms with van der Waals surface area (Å²) in [6, 6.07) is 0. The Morgan fingerprint density at radius 2 is 0.750 bits per heavy atom. The van der Waals surface area contributed by atoms with Crippen molar-refractivity contribution < 1.29 is 68.4 Å². The molecule has 0 heterocycles. The third-order valence-corrected chi connectivity index (χ3v) is 0. The number of rotatable bonds is 0. The quantitative estimate of drug-likeness (QED) is 0.314. The van der Waals surface area contributed by atoms with E-state index in [1.54, 1.807) is 0 Å². The van der Waals surface area contributed by atoms with E-state index in [1.807, 2.05) is 0 Å². The monoisotopic (exact) mass is 166 g/mol. The summed E-state index contributed by atoms with van der Waals surface area (Å²) in [5.74, 6) is 0. The van der Waals surface area contributed by atoms with Crippen molar-refractivity contribution in [3.05, 3.63) is 0 Å². The zero-order chi connectivity index (χ0) is 0. The normalized spacial score (nSPS) is 0. The molecule has 0 nitrogen and oxygen atoms in total. The van der Waals surface area contributed by atoms with E-state index in [1.165, 1.54) is 0 Å². The van der Waals surface area contributed by atoms with Gasteiger partial charge >= 0.3 is 110 Å². The Hall–Kier alpha value is 4.12. The molecular weight excluding hydrogens is 165 g/mol. The molecule has 0 aromatic rings. The molecule has 0 bridgehead atoms. The predicted octanol–water partition coefficient (Wildman–Crippen LogP) is -7.29. The SMILES string of the molecule is [Br-].[K+].[NaH].[NaH]. The van der Waals surface area contributed by atoms with E-state index >= 15 is 0 Å². The molecule has 0 aliphatic rings. The third-order valence-electron chi connectivity index (χ3n) is 0. The van der Waals surface area contributed by atoms with Gasteiger partial charge in [-0.2, -0.15) is 0 Å². The summed E-state index contributed by atoms with van der Waals surface area (Å²) in [6.07, 6.45) is 0. The van der Waals surface area contributed by atoms with E-state index in [9.17, 15) is 0 Å². The number of halogens is 1. The summed E-state index contributed by atoms with van der Waals surface area (Å²) in [4.78, 5) is 0. The van der Waals surface area contributed by atoms with Crippen LogP contribution in [0.1, 0.15) is 0 Å². The Morgan fingerprint density at radius 3 is 0.750 bits per heavy atom. The number of hydrogen-bond donors (Lipinski definition) is 0. The van der Waals surface area contributed by atoms with E-state index in [4.69, 9.17) is 0 Å². The Labute approximate surface area is 124 Å². The Morgan fingerprint density at radius 1 is 0.750 bits per heavy atom. The van der Waals surface area contributed by atoms with Gasteiger partial charge in [0.15, 0.2) is 0 Å². The van der Waals surface area contributed by atoms with Crippen molar-refractivity contribution in [2.24, 2.45) is 0 Å². The molecule has 0 unspecified atom stereocenters. The second-order valence-electron chi connectivity index (χ2n) is 0. The molecule has 4 heavy (non-hydrogen) atoms. The Kier molecular flexibility index (Phi) is 95.3. The van der Waals surface area contributed by atoms with Gasteiger partial charge in [0.05, 0.1) is 0 Å². The molecule has 0 radical (unpaired) electrons. The van der Waals surface area contributed by atoms with Gasteiger partial charge in [0, 0.05) is 0 Å². The predicted molar refractivity (Wildman–Crippen MR) is 14.3 cm³/mol. The summed E-state index contributed by atoms with van der Waals surface area (Å²) < 4.78 is 0. The molecule has 0 N–H and O–H groups in total. The van der Waals surface area contributed by atoms with E-state index in [0.717, 1.165) is 0 Å². The van der Waals surface area contributed by atoms with Crippen molar-refractivity contribution in [1.29, 1.82) is 0 Å². The Bertz CT molecular complexity index is 6.00. The molecule has 12 valence electrons. The minimum absolute atomic E-state index is 0. The Balaban J connectivity index is 0. The van der Waals surface area contributed by atoms with Crippen LogP contribution in [0.15, 0.2) is 0 Å². The third kappa shape index (κ3) is 9.45. The van der Waals surface area contributed by atoms with Crippen molar-refractivity contribution in [3.8, 4) is 0 Å². The van der Waals surface area contributed by atoms with Crippen molar-refractivity contribution in [1.82, 2.24) is 0 Å². The van der Waals surface area contributed by atoms with Crippen LogP contribution in [0.25, 0.3) is 0 Å². The van der Waals surface area contributed by atoms with Gasteiger partial charge < -0.3 is 17.0 Å². The molecule has 0 saturated heterocycles. The average Bonchev–Trinajstić information content (AvgIpc) is 0. The zero-order valence-electron chi connectivity index (χ0n) is 1.38. The van der Waals surface area contributed by atoms with Gasteiger partial charge in [-0.25, -0.2) is 0 Å². The summed E-state index contributed by atoms with van der Waals surface area (Å²) in [5, 5.41) is 0. The van der Waals surface area contributed by atoms with Gasteiger partial charge in [-0.3, -0.25) is 0 Å². The second kappa shape index (κ2) is 15.7. The maximum absolute atomic E-state index is 0. The molecule has 0 rings (SSSR count). The second-order valence-corrected chi connectivity index (χ2v) is 0. The maximum atomic E-state index is 0. The van der Waals surface area contributed by atoms with Crippen LogP contribution in [0.4, 0.5) is 0 Å². The van der Waals surface area contributed by atoms with Crippen molar-refractivity contribution >= 4 is 59.1 Å². The van der Waals surface area contributed by atoms with Crippen LogP contribution in [-0.2, 0) is 0 Å². The van der Waals surface area contributed by atoms with Gasteiger partial charge in [0.1, 0.15) is 0 Å². The van der Waals surface area contributed by atoms with Crippen LogP contribution in [0.3, 0.4) is 0 Å². The standard InChI is InChI=1S/BrH.K.2Na.2H/h1H;;;;;/q;+1;;;;/p-1. The first kappa shape index (κ1) is 24.3. The molecule has 0 aromatic carbocycles. The van der Waals surface area contributed by atoms with E-state index < -0.39 is 0 Å². The summed E-state index contributed by atoms with van der Waals surface area (Å²) in [7, 11) is 0. The van der Waals surface area contributed by atoms with Crippen LogP contribution in [0.2, 0.25) is 0 Å². The molecule has 0 saturated carbocycles. The van der Waals surface area contributed by atoms with Crippen LogP contribution in [0, 0.1) is 0 Å². The van der Waals surface area contributed by atoms with Gasteiger partial charge in [0.2, 0.25) is 0 Å². The van der Waals surface area contributed by atoms with Gasteiger partial charge in [0.25, 0.3) is 0 Å². The van der Waals surface area contributed by atoms with Crippen LogP contribution < -0.4 is 68.4 Å². The van der Waals surface area contributed by atoms with Crippen LogP contribution in [-0.4, -0.2) is 59.1 Å². The van der Waals surface area contributed by atoms with Gasteiger partial charge in [-0.15, -0.1) is 0 Å².